The summed E-state index contributed by atoms with van der Waals surface area (Å²) in [6.45, 7) is 5.38. The minimum atomic E-state index is -1.24. The molecule has 0 fully saturated rings. The highest BCUT2D eigenvalue weighted by Gasteiger charge is 2.33. The van der Waals surface area contributed by atoms with Crippen molar-refractivity contribution in [3.63, 3.8) is 0 Å². The summed E-state index contributed by atoms with van der Waals surface area (Å²) in [6.07, 6.45) is 2.52. The van der Waals surface area contributed by atoms with E-state index in [1.807, 2.05) is 31.2 Å². The van der Waals surface area contributed by atoms with Crippen LogP contribution in [0.5, 0.6) is 0 Å². The van der Waals surface area contributed by atoms with Gasteiger partial charge in [0.15, 0.2) is 0 Å². The minimum absolute atomic E-state index is 0.0390. The Labute approximate surface area is 228 Å². The fourth-order valence-electron chi connectivity index (χ4n) is 4.19. The van der Waals surface area contributed by atoms with E-state index >= 15 is 0 Å². The molecule has 0 spiro atoms. The molecule has 0 aliphatic carbocycles. The molecule has 1 heterocycles. The van der Waals surface area contributed by atoms with Crippen molar-refractivity contribution in [2.45, 2.75) is 83.1 Å². The predicted octanol–water partition coefficient (Wildman–Crippen LogP) is 0.133. The zero-order chi connectivity index (χ0) is 29.1. The molecule has 1 aromatic carbocycles. The average molecular weight is 547 g/mol. The topological polar surface area (TPSA) is 213 Å². The Kier molecular flexibility index (Phi) is 12.4. The van der Waals surface area contributed by atoms with Gasteiger partial charge in [0.05, 0.1) is 6.10 Å². The first-order valence-electron chi connectivity index (χ1n) is 13.3. The fourth-order valence-corrected chi connectivity index (χ4v) is 4.19. The number of aliphatic hydroxyl groups is 1. The lowest BCUT2D eigenvalue weighted by Gasteiger charge is -2.28. The maximum atomic E-state index is 13.3. The van der Waals surface area contributed by atoms with E-state index < -0.39 is 54.0 Å². The molecule has 3 amide bonds. The molecule has 0 aliphatic rings. The Morgan fingerprint density at radius 2 is 1.64 bits per heavy atom. The molecule has 0 saturated heterocycles. The van der Waals surface area contributed by atoms with Gasteiger partial charge >= 0.3 is 5.97 Å². The van der Waals surface area contributed by atoms with Crippen LogP contribution in [0.4, 0.5) is 0 Å². The Bertz CT molecular complexity index is 1120. The fraction of sp³-hybridized carbons (Fsp3) is 0.556. The van der Waals surface area contributed by atoms with Crippen LogP contribution in [-0.4, -0.2) is 75.7 Å². The van der Waals surface area contributed by atoms with E-state index in [2.05, 4.69) is 20.9 Å². The van der Waals surface area contributed by atoms with Crippen molar-refractivity contribution in [1.82, 2.24) is 20.9 Å². The van der Waals surface area contributed by atoms with Gasteiger partial charge in [-0.2, -0.15) is 0 Å². The summed E-state index contributed by atoms with van der Waals surface area (Å²) in [7, 11) is 0. The van der Waals surface area contributed by atoms with Crippen molar-refractivity contribution in [3.05, 3.63) is 36.0 Å². The van der Waals surface area contributed by atoms with Crippen molar-refractivity contribution >= 4 is 34.6 Å². The number of para-hydroxylation sites is 1. The number of carbonyl (C=O) groups excluding carboxylic acids is 3. The predicted molar refractivity (Wildman–Crippen MR) is 147 cm³/mol. The molecular formula is C27H42N6O6. The number of rotatable bonds is 16. The molecule has 216 valence electrons. The maximum absolute atomic E-state index is 13.3. The third-order valence-electron chi connectivity index (χ3n) is 6.91. The number of nitrogens with one attached hydrogen (secondary N) is 4. The summed E-state index contributed by atoms with van der Waals surface area (Å²) >= 11 is 0. The number of unbranched alkanes of at least 4 members (excludes halogenated alkanes) is 1. The van der Waals surface area contributed by atoms with E-state index in [-0.39, 0.29) is 18.8 Å². The van der Waals surface area contributed by atoms with Crippen molar-refractivity contribution in [1.29, 1.82) is 0 Å². The number of fused-ring (bicyclic) bond motifs is 1. The molecule has 0 bridgehead atoms. The van der Waals surface area contributed by atoms with Gasteiger partial charge in [-0.3, -0.25) is 14.4 Å². The number of aliphatic hydroxyl groups excluding tert-OH is 1. The maximum Gasteiger partial charge on any atom is 0.326 e. The number of carboxylic acid groups (broad SMARTS) is 1. The van der Waals surface area contributed by atoms with Gasteiger partial charge in [0.1, 0.15) is 24.2 Å². The van der Waals surface area contributed by atoms with Gasteiger partial charge in [-0.15, -0.1) is 0 Å². The van der Waals surface area contributed by atoms with Crippen LogP contribution in [-0.2, 0) is 25.6 Å². The Hall–Kier alpha value is -3.48. The first-order valence-corrected chi connectivity index (χ1v) is 13.3. The molecule has 10 N–H and O–H groups in total. The highest BCUT2D eigenvalue weighted by Crippen LogP contribution is 2.19. The average Bonchev–Trinajstić information content (AvgIpc) is 3.32. The Morgan fingerprint density at radius 3 is 2.26 bits per heavy atom. The summed E-state index contributed by atoms with van der Waals surface area (Å²) in [5.41, 5.74) is 12.9. The van der Waals surface area contributed by atoms with Crippen molar-refractivity contribution < 1.29 is 29.4 Å². The highest BCUT2D eigenvalue weighted by molar-refractivity contribution is 5.94. The van der Waals surface area contributed by atoms with Crippen LogP contribution in [0.15, 0.2) is 30.5 Å². The lowest BCUT2D eigenvalue weighted by Crippen LogP contribution is -2.59. The lowest BCUT2D eigenvalue weighted by molar-refractivity contribution is -0.142. The summed E-state index contributed by atoms with van der Waals surface area (Å²) in [5.74, 6) is -3.47. The zero-order valence-electron chi connectivity index (χ0n) is 22.8. The molecule has 6 atom stereocenters. The molecule has 1 aromatic heterocycles. The molecule has 6 unspecified atom stereocenters. The second-order valence-corrected chi connectivity index (χ2v) is 9.95. The number of carbonyl (C=O) groups is 4. The molecule has 0 aliphatic heterocycles. The summed E-state index contributed by atoms with van der Waals surface area (Å²) in [5, 5.41) is 28.2. The van der Waals surface area contributed by atoms with E-state index in [4.69, 9.17) is 11.5 Å². The van der Waals surface area contributed by atoms with Crippen LogP contribution in [0.2, 0.25) is 0 Å². The van der Waals surface area contributed by atoms with Gasteiger partial charge in [-0.25, -0.2) is 4.79 Å². The molecule has 0 radical (unpaired) electrons. The summed E-state index contributed by atoms with van der Waals surface area (Å²) in [6, 6.07) is 2.91. The third kappa shape index (κ3) is 9.05. The second kappa shape index (κ2) is 15.2. The number of hydrogen-bond donors (Lipinski definition) is 8. The van der Waals surface area contributed by atoms with Gasteiger partial charge in [-0.1, -0.05) is 38.5 Å². The van der Waals surface area contributed by atoms with Gasteiger partial charge in [0.2, 0.25) is 17.7 Å². The smallest absolute Gasteiger partial charge is 0.326 e. The van der Waals surface area contributed by atoms with Crippen LogP contribution in [0.3, 0.4) is 0 Å². The zero-order valence-corrected chi connectivity index (χ0v) is 22.8. The largest absolute Gasteiger partial charge is 0.480 e. The first-order chi connectivity index (χ1) is 18.5. The number of aromatic nitrogens is 1. The molecule has 39 heavy (non-hydrogen) atoms. The van der Waals surface area contributed by atoms with E-state index in [1.165, 1.54) is 6.92 Å². The van der Waals surface area contributed by atoms with Crippen molar-refractivity contribution in [3.8, 4) is 0 Å². The number of aromatic amines is 1. The van der Waals surface area contributed by atoms with Gasteiger partial charge in [0.25, 0.3) is 0 Å². The van der Waals surface area contributed by atoms with Crippen LogP contribution in [0.1, 0.15) is 52.0 Å². The number of hydrogen-bond acceptors (Lipinski definition) is 7. The molecule has 2 rings (SSSR count). The molecule has 12 heteroatoms. The van der Waals surface area contributed by atoms with Crippen molar-refractivity contribution in [2.24, 2.45) is 17.4 Å². The third-order valence-corrected chi connectivity index (χ3v) is 6.91. The quantitative estimate of drug-likeness (QED) is 0.135. The van der Waals surface area contributed by atoms with E-state index in [0.29, 0.717) is 25.8 Å². The number of aliphatic carboxylic acids is 1. The standard InChI is InChI=1S/C27H42N6O6/c1-4-15(2)23(33-25(36)22(29)16(3)34)26(37)31-20(11-7-8-12-28)24(35)32-21(27(38)39)13-17-14-30-19-10-6-5-9-18(17)19/h5-6,9-10,14-16,20-23,30,34H,4,7-8,11-13,28-29H2,1-3H3,(H,31,37)(H,32,35)(H,33,36)(H,38,39). The van der Waals surface area contributed by atoms with Gasteiger partial charge in [0, 0.05) is 23.5 Å². The van der Waals surface area contributed by atoms with Crippen LogP contribution in [0.25, 0.3) is 10.9 Å². The lowest BCUT2D eigenvalue weighted by atomic mass is 9.96. The number of H-pyrrole nitrogens is 1. The van der Waals surface area contributed by atoms with Crippen molar-refractivity contribution in [2.75, 3.05) is 6.54 Å². The van der Waals surface area contributed by atoms with Gasteiger partial charge < -0.3 is 42.6 Å². The van der Waals surface area contributed by atoms with Crippen LogP contribution >= 0.6 is 0 Å². The van der Waals surface area contributed by atoms with Crippen LogP contribution in [0, 0.1) is 5.92 Å². The van der Waals surface area contributed by atoms with Crippen LogP contribution < -0.4 is 27.4 Å². The second-order valence-electron chi connectivity index (χ2n) is 9.95. The Morgan fingerprint density at radius 1 is 0.974 bits per heavy atom. The van der Waals surface area contributed by atoms with E-state index in [1.54, 1.807) is 13.1 Å². The van der Waals surface area contributed by atoms with Gasteiger partial charge in [-0.05, 0) is 50.3 Å². The monoisotopic (exact) mass is 546 g/mol. The van der Waals surface area contributed by atoms with E-state index in [0.717, 1.165) is 16.5 Å². The SMILES string of the molecule is CCC(C)C(NC(=O)C(N)C(C)O)C(=O)NC(CCCCN)C(=O)NC(Cc1c[nH]c2ccccc12)C(=O)O. The number of carboxylic acids is 1. The number of benzene rings is 1. The first kappa shape index (κ1) is 31.7. The normalized spacial score (nSPS) is 15.9. The molecule has 0 saturated carbocycles. The molecular weight excluding hydrogens is 504 g/mol. The minimum Gasteiger partial charge on any atom is -0.480 e. The number of amides is 3. The Balaban J connectivity index is 2.21. The molecule has 12 nitrogen and oxygen atoms in total. The summed E-state index contributed by atoms with van der Waals surface area (Å²) < 4.78 is 0. The summed E-state index contributed by atoms with van der Waals surface area (Å²) in [4.78, 5) is 54.2. The number of nitrogens with two attached hydrogens (primary N) is 2. The highest BCUT2D eigenvalue weighted by atomic mass is 16.4. The van der Waals surface area contributed by atoms with E-state index in [9.17, 15) is 29.4 Å². The molecule has 2 aromatic rings.